The van der Waals surface area contributed by atoms with Crippen molar-refractivity contribution >= 4 is 30.2 Å². The Labute approximate surface area is 219 Å². The van der Waals surface area contributed by atoms with E-state index in [1.54, 1.807) is 25.4 Å². The van der Waals surface area contributed by atoms with Crippen molar-refractivity contribution in [2.45, 2.75) is 58.0 Å². The molecule has 0 bridgehead atoms. The van der Waals surface area contributed by atoms with Gasteiger partial charge in [-0.15, -0.1) is 0 Å². The van der Waals surface area contributed by atoms with Crippen LogP contribution in [-0.2, 0) is 28.9 Å². The number of anilines is 2. The molecule has 0 atom stereocenters. The van der Waals surface area contributed by atoms with E-state index in [1.807, 2.05) is 11.0 Å². The molecule has 3 aromatic rings. The van der Waals surface area contributed by atoms with Crippen molar-refractivity contribution in [3.8, 4) is 11.1 Å². The molecule has 0 aliphatic carbocycles. The molecule has 1 fully saturated rings. The van der Waals surface area contributed by atoms with Crippen molar-refractivity contribution in [3.05, 3.63) is 46.9 Å². The molecule has 0 spiro atoms. The van der Waals surface area contributed by atoms with Gasteiger partial charge >= 0.3 is 0 Å². The maximum Gasteiger partial charge on any atom is 0.264 e. The third-order valence-corrected chi connectivity index (χ3v) is 8.01. The van der Waals surface area contributed by atoms with Crippen molar-refractivity contribution in [3.63, 3.8) is 0 Å². The van der Waals surface area contributed by atoms with Crippen molar-refractivity contribution in [1.29, 1.82) is 0 Å². The third-order valence-electron chi connectivity index (χ3n) is 7.79. The van der Waals surface area contributed by atoms with Gasteiger partial charge in [-0.2, -0.15) is 10.2 Å². The van der Waals surface area contributed by atoms with Crippen molar-refractivity contribution in [1.82, 2.24) is 23.9 Å². The molecule has 1 saturated heterocycles. The Balaban J connectivity index is 1.47. The van der Waals surface area contributed by atoms with Gasteiger partial charge in [0.1, 0.15) is 0 Å². The fourth-order valence-electron chi connectivity index (χ4n) is 5.90. The summed E-state index contributed by atoms with van der Waals surface area (Å²) in [6.07, 6.45) is 4.73. The van der Waals surface area contributed by atoms with E-state index in [1.165, 1.54) is 4.09 Å². The van der Waals surface area contributed by atoms with E-state index < -0.39 is 6.43 Å². The summed E-state index contributed by atoms with van der Waals surface area (Å²) >= 11 is 4.18. The van der Waals surface area contributed by atoms with Crippen molar-refractivity contribution < 1.29 is 18.3 Å². The maximum absolute atomic E-state index is 14.3. The highest BCUT2D eigenvalue weighted by Gasteiger charge is 2.34. The number of carbonyl (C=O) groups excluding carboxylic acids is 1. The van der Waals surface area contributed by atoms with Crippen molar-refractivity contribution in [2.75, 3.05) is 31.2 Å². The van der Waals surface area contributed by atoms with Gasteiger partial charge < -0.3 is 14.5 Å². The second kappa shape index (κ2) is 9.75. The summed E-state index contributed by atoms with van der Waals surface area (Å²) in [5, 5.41) is 9.18. The molecular weight excluding hydrogens is 498 g/mol. The minimum Gasteiger partial charge on any atom is -0.381 e. The number of thiol groups is 1. The molecule has 37 heavy (non-hydrogen) atoms. The van der Waals surface area contributed by atoms with Crippen LogP contribution in [0.15, 0.2) is 24.5 Å². The number of ether oxygens (including phenoxy) is 1. The SMILES string of the molecule is CC(=O)N1CCc2c(c(N3CCCc4cc(-c5cnn(S)c5)c(C(F)F)cc43)nn2C2CCOCC2)C1. The highest BCUT2D eigenvalue weighted by molar-refractivity contribution is 7.78. The lowest BCUT2D eigenvalue weighted by molar-refractivity contribution is -0.129. The van der Waals surface area contributed by atoms with Gasteiger partial charge in [0.15, 0.2) is 5.82 Å². The highest BCUT2D eigenvalue weighted by Crippen LogP contribution is 2.43. The predicted octanol–water partition coefficient (Wildman–Crippen LogP) is 4.72. The van der Waals surface area contributed by atoms with Gasteiger partial charge in [0.25, 0.3) is 6.43 Å². The summed E-state index contributed by atoms with van der Waals surface area (Å²) in [6, 6.07) is 3.73. The van der Waals surface area contributed by atoms with Crippen LogP contribution in [-0.4, -0.2) is 56.1 Å². The number of amides is 1. The molecule has 11 heteroatoms. The summed E-state index contributed by atoms with van der Waals surface area (Å²) in [4.78, 5) is 16.2. The lowest BCUT2D eigenvalue weighted by Crippen LogP contribution is -2.36. The van der Waals surface area contributed by atoms with Crippen LogP contribution in [0.5, 0.6) is 0 Å². The zero-order chi connectivity index (χ0) is 25.7. The zero-order valence-electron chi connectivity index (χ0n) is 20.7. The Kier molecular flexibility index (Phi) is 6.44. The van der Waals surface area contributed by atoms with Crippen LogP contribution >= 0.6 is 12.8 Å². The molecule has 196 valence electrons. The number of aryl methyl sites for hydroxylation is 1. The average molecular weight is 529 g/mol. The van der Waals surface area contributed by atoms with Gasteiger partial charge in [-0.1, -0.05) is 0 Å². The zero-order valence-corrected chi connectivity index (χ0v) is 21.6. The number of alkyl halides is 2. The fraction of sp³-hybridized carbons (Fsp3) is 0.500. The monoisotopic (exact) mass is 528 g/mol. The number of benzene rings is 1. The van der Waals surface area contributed by atoms with Crippen LogP contribution in [0.25, 0.3) is 11.1 Å². The number of aromatic nitrogens is 4. The van der Waals surface area contributed by atoms with E-state index in [9.17, 15) is 13.6 Å². The Morgan fingerprint density at radius 3 is 2.70 bits per heavy atom. The lowest BCUT2D eigenvalue weighted by Gasteiger charge is -2.33. The third kappa shape index (κ3) is 4.41. The first-order chi connectivity index (χ1) is 17.9. The highest BCUT2D eigenvalue weighted by atomic mass is 32.1. The summed E-state index contributed by atoms with van der Waals surface area (Å²) in [6.45, 7) is 4.81. The Morgan fingerprint density at radius 2 is 2.00 bits per heavy atom. The molecule has 0 radical (unpaired) electrons. The first kappa shape index (κ1) is 24.4. The first-order valence-corrected chi connectivity index (χ1v) is 13.2. The number of halogens is 2. The van der Waals surface area contributed by atoms with Crippen LogP contribution in [0.2, 0.25) is 0 Å². The largest absolute Gasteiger partial charge is 0.381 e. The molecule has 1 amide bonds. The number of fused-ring (bicyclic) bond motifs is 2. The van der Waals surface area contributed by atoms with E-state index in [0.29, 0.717) is 44.0 Å². The van der Waals surface area contributed by atoms with E-state index >= 15 is 0 Å². The molecule has 2 aromatic heterocycles. The van der Waals surface area contributed by atoms with Crippen LogP contribution in [0.3, 0.4) is 0 Å². The van der Waals surface area contributed by atoms with Gasteiger partial charge in [0, 0.05) is 73.9 Å². The Morgan fingerprint density at radius 1 is 1.19 bits per heavy atom. The summed E-state index contributed by atoms with van der Waals surface area (Å²) in [5.74, 6) is 0.813. The summed E-state index contributed by atoms with van der Waals surface area (Å²) < 4.78 is 37.7. The Hall–Kier alpha value is -2.92. The van der Waals surface area contributed by atoms with E-state index in [4.69, 9.17) is 9.84 Å². The summed E-state index contributed by atoms with van der Waals surface area (Å²) in [5.41, 5.74) is 5.01. The van der Waals surface area contributed by atoms with Crippen LogP contribution in [0, 0.1) is 0 Å². The minimum atomic E-state index is -2.64. The van der Waals surface area contributed by atoms with E-state index in [0.717, 1.165) is 60.4 Å². The molecule has 3 aliphatic rings. The Bertz CT molecular complexity index is 1330. The van der Waals surface area contributed by atoms with Gasteiger partial charge in [-0.05, 0) is 61.8 Å². The average Bonchev–Trinajstić information content (AvgIpc) is 3.51. The van der Waals surface area contributed by atoms with Crippen LogP contribution < -0.4 is 4.90 Å². The molecule has 5 heterocycles. The molecule has 0 N–H and O–H groups in total. The molecule has 1 aromatic carbocycles. The second-order valence-electron chi connectivity index (χ2n) is 10.0. The smallest absolute Gasteiger partial charge is 0.264 e. The second-order valence-corrected chi connectivity index (χ2v) is 10.4. The van der Waals surface area contributed by atoms with Gasteiger partial charge in [-0.3, -0.25) is 9.48 Å². The number of hydrogen-bond donors (Lipinski definition) is 1. The number of rotatable bonds is 4. The number of carbonyl (C=O) groups is 1. The normalized spacial score (nSPS) is 18.3. The van der Waals surface area contributed by atoms with Gasteiger partial charge in [0.05, 0.1) is 18.8 Å². The van der Waals surface area contributed by atoms with Crippen LogP contribution in [0.4, 0.5) is 20.3 Å². The minimum absolute atomic E-state index is 0.0313. The number of nitrogens with zero attached hydrogens (tertiary/aromatic N) is 6. The molecule has 6 rings (SSSR count). The number of hydrogen-bond acceptors (Lipinski definition) is 6. The van der Waals surface area contributed by atoms with Gasteiger partial charge in [-0.25, -0.2) is 12.9 Å². The molecule has 8 nitrogen and oxygen atoms in total. The van der Waals surface area contributed by atoms with E-state index in [2.05, 4.69) is 27.5 Å². The summed E-state index contributed by atoms with van der Waals surface area (Å²) in [7, 11) is 0. The first-order valence-electron chi connectivity index (χ1n) is 12.8. The van der Waals surface area contributed by atoms with Crippen molar-refractivity contribution in [2.24, 2.45) is 0 Å². The maximum atomic E-state index is 14.3. The quantitative estimate of drug-likeness (QED) is 0.497. The topological polar surface area (TPSA) is 68.4 Å². The predicted molar refractivity (Wildman–Crippen MR) is 138 cm³/mol. The molecule has 0 unspecified atom stereocenters. The fourth-order valence-corrected chi connectivity index (χ4v) is 6.07. The molecular formula is C26H30F2N6O2S. The lowest BCUT2D eigenvalue weighted by atomic mass is 9.92. The van der Waals surface area contributed by atoms with E-state index in [-0.39, 0.29) is 17.5 Å². The molecule has 3 aliphatic heterocycles. The molecule has 0 saturated carbocycles. The van der Waals surface area contributed by atoms with Gasteiger partial charge in [0.2, 0.25) is 5.91 Å². The van der Waals surface area contributed by atoms with Crippen LogP contribution in [0.1, 0.15) is 61.0 Å². The standard InChI is InChI=1S/C26H30F2N6O2S/c1-16(35)31-8-4-23-22(15-31)26(30-34(23)19-5-9-36-10-6-19)32-7-2-3-17-11-20(18-13-29-33(37)14-18)21(25(27)28)12-24(17)32/h11-14,19,25,37H,2-10,15H2,1H3.